The molecule has 1 aromatic carbocycles. The number of esters is 1. The number of ether oxygens (including phenoxy) is 1. The Morgan fingerprint density at radius 2 is 1.97 bits per heavy atom. The van der Waals surface area contributed by atoms with Gasteiger partial charge in [-0.3, -0.25) is 9.78 Å². The van der Waals surface area contributed by atoms with E-state index in [1.807, 2.05) is 38.1 Å². The Morgan fingerprint density at radius 3 is 2.67 bits per heavy atom. The Morgan fingerprint density at radius 1 is 1.21 bits per heavy atom. The van der Waals surface area contributed by atoms with E-state index in [9.17, 15) is 18.0 Å². The van der Waals surface area contributed by atoms with Crippen LogP contribution >= 0.6 is 0 Å². The number of hydrogen-bond donors (Lipinski definition) is 0. The van der Waals surface area contributed by atoms with Gasteiger partial charge in [0.25, 0.3) is 5.91 Å². The molecule has 2 heterocycles. The van der Waals surface area contributed by atoms with Crippen molar-refractivity contribution in [2.24, 2.45) is 11.8 Å². The van der Waals surface area contributed by atoms with Crippen molar-refractivity contribution in [3.63, 3.8) is 0 Å². The maximum absolute atomic E-state index is 13.3. The summed E-state index contributed by atoms with van der Waals surface area (Å²) in [6, 6.07) is 7.16. The molecule has 1 aliphatic carbocycles. The van der Waals surface area contributed by atoms with Gasteiger partial charge < -0.3 is 9.64 Å². The summed E-state index contributed by atoms with van der Waals surface area (Å²) < 4.78 is 29.5. The summed E-state index contributed by atoms with van der Waals surface area (Å²) in [6.45, 7) is 6.15. The minimum absolute atomic E-state index is 0.0280. The standard InChI is InChI=1S/C25H32N2O5S/c1-16(2)13-27(18-10-11-33(30,31)15-18)23(28)14-32-25(29)24-19-6-4-5-7-21(19)26-22-9-8-17(3)12-20(22)24/h4-7,16-18H,8-15H2,1-3H3. The molecule has 0 bridgehead atoms. The number of amides is 1. The van der Waals surface area contributed by atoms with Crippen molar-refractivity contribution in [3.05, 3.63) is 41.1 Å². The first-order valence-electron chi connectivity index (χ1n) is 11.7. The number of nitrogens with zero attached hydrogens (tertiary/aromatic N) is 2. The second kappa shape index (κ2) is 9.41. The zero-order valence-electron chi connectivity index (χ0n) is 19.5. The molecule has 178 valence electrons. The predicted molar refractivity (Wildman–Crippen MR) is 127 cm³/mol. The molecule has 2 unspecified atom stereocenters. The van der Waals surface area contributed by atoms with E-state index in [2.05, 4.69) is 6.92 Å². The minimum atomic E-state index is -3.13. The lowest BCUT2D eigenvalue weighted by atomic mass is 9.84. The van der Waals surface area contributed by atoms with Crippen LogP contribution in [0.3, 0.4) is 0 Å². The predicted octanol–water partition coefficient (Wildman–Crippen LogP) is 3.19. The molecule has 2 atom stereocenters. The molecular weight excluding hydrogens is 440 g/mol. The molecule has 0 N–H and O–H groups in total. The molecule has 33 heavy (non-hydrogen) atoms. The number of para-hydroxylation sites is 1. The minimum Gasteiger partial charge on any atom is -0.452 e. The van der Waals surface area contributed by atoms with Gasteiger partial charge in [0.2, 0.25) is 0 Å². The number of hydrogen-bond acceptors (Lipinski definition) is 6. The van der Waals surface area contributed by atoms with E-state index >= 15 is 0 Å². The number of aryl methyl sites for hydroxylation is 1. The summed E-state index contributed by atoms with van der Waals surface area (Å²) in [7, 11) is -3.13. The zero-order valence-corrected chi connectivity index (χ0v) is 20.4. The Balaban J connectivity index is 1.57. The Labute approximate surface area is 195 Å². The second-order valence-corrected chi connectivity index (χ2v) is 12.1. The van der Waals surface area contributed by atoms with Gasteiger partial charge in [-0.1, -0.05) is 39.0 Å². The quantitative estimate of drug-likeness (QED) is 0.600. The van der Waals surface area contributed by atoms with Crippen LogP contribution in [0.5, 0.6) is 0 Å². The van der Waals surface area contributed by atoms with E-state index in [1.54, 1.807) is 4.90 Å². The van der Waals surface area contributed by atoms with Crippen LogP contribution in [0, 0.1) is 11.8 Å². The number of carbonyl (C=O) groups is 2. The van der Waals surface area contributed by atoms with Crippen molar-refractivity contribution in [2.75, 3.05) is 24.7 Å². The monoisotopic (exact) mass is 472 g/mol. The summed E-state index contributed by atoms with van der Waals surface area (Å²) >= 11 is 0. The molecule has 0 spiro atoms. The fourth-order valence-electron chi connectivity index (χ4n) is 4.95. The van der Waals surface area contributed by atoms with E-state index in [0.717, 1.165) is 41.4 Å². The average molecular weight is 473 g/mol. The molecule has 0 saturated carbocycles. The summed E-state index contributed by atoms with van der Waals surface area (Å²) in [6.07, 6.45) is 3.03. The van der Waals surface area contributed by atoms with Gasteiger partial charge in [-0.25, -0.2) is 13.2 Å². The number of benzene rings is 1. The number of sulfone groups is 1. The summed E-state index contributed by atoms with van der Waals surface area (Å²) in [5.41, 5.74) is 3.11. The Hall–Kier alpha value is -2.48. The van der Waals surface area contributed by atoms with Crippen molar-refractivity contribution in [1.29, 1.82) is 0 Å². The van der Waals surface area contributed by atoms with E-state index in [0.29, 0.717) is 24.4 Å². The first kappa shape index (κ1) is 23.7. The lowest BCUT2D eigenvalue weighted by molar-refractivity contribution is -0.137. The highest BCUT2D eigenvalue weighted by atomic mass is 32.2. The topological polar surface area (TPSA) is 93.6 Å². The van der Waals surface area contributed by atoms with Crippen molar-refractivity contribution < 1.29 is 22.7 Å². The van der Waals surface area contributed by atoms with E-state index in [1.165, 1.54) is 0 Å². The van der Waals surface area contributed by atoms with Crippen LogP contribution in [0.4, 0.5) is 0 Å². The van der Waals surface area contributed by atoms with Crippen LogP contribution < -0.4 is 0 Å². The van der Waals surface area contributed by atoms with Crippen LogP contribution in [-0.2, 0) is 32.2 Å². The van der Waals surface area contributed by atoms with Gasteiger partial charge in [-0.05, 0) is 49.1 Å². The first-order chi connectivity index (χ1) is 15.6. The molecule has 2 aromatic rings. The fraction of sp³-hybridized carbons (Fsp3) is 0.560. The van der Waals surface area contributed by atoms with E-state index in [-0.39, 0.29) is 29.4 Å². The van der Waals surface area contributed by atoms with Crippen LogP contribution in [0.15, 0.2) is 24.3 Å². The maximum atomic E-state index is 13.3. The molecule has 1 amide bonds. The molecular formula is C25H32N2O5S. The number of carbonyl (C=O) groups excluding carboxylic acids is 2. The van der Waals surface area contributed by atoms with Gasteiger partial charge in [0.15, 0.2) is 16.4 Å². The number of aromatic nitrogens is 1. The molecule has 8 heteroatoms. The van der Waals surface area contributed by atoms with Gasteiger partial charge in [0.05, 0.1) is 22.6 Å². The van der Waals surface area contributed by atoms with Crippen molar-refractivity contribution >= 4 is 32.6 Å². The molecule has 7 nitrogen and oxygen atoms in total. The van der Waals surface area contributed by atoms with Gasteiger partial charge in [-0.15, -0.1) is 0 Å². The SMILES string of the molecule is CC(C)CN(C(=O)COC(=O)c1c2c(nc3ccccc13)CCC(C)C2)C1CCS(=O)(=O)C1. The third kappa shape index (κ3) is 5.21. The van der Waals surface area contributed by atoms with Gasteiger partial charge in [0.1, 0.15) is 0 Å². The van der Waals surface area contributed by atoms with Crippen LogP contribution in [-0.4, -0.2) is 60.9 Å². The van der Waals surface area contributed by atoms with Gasteiger partial charge >= 0.3 is 5.97 Å². The lowest BCUT2D eigenvalue weighted by Crippen LogP contribution is -2.45. The molecule has 1 aliphatic heterocycles. The molecule has 0 radical (unpaired) electrons. The molecule has 2 aliphatic rings. The normalized spacial score (nSPS) is 21.7. The third-order valence-electron chi connectivity index (χ3n) is 6.57. The number of fused-ring (bicyclic) bond motifs is 2. The highest BCUT2D eigenvalue weighted by Crippen LogP contribution is 2.32. The maximum Gasteiger partial charge on any atom is 0.339 e. The van der Waals surface area contributed by atoms with Gasteiger partial charge in [0, 0.05) is 23.7 Å². The van der Waals surface area contributed by atoms with Crippen LogP contribution in [0.2, 0.25) is 0 Å². The molecule has 4 rings (SSSR count). The summed E-state index contributed by atoms with van der Waals surface area (Å²) in [4.78, 5) is 32.7. The largest absolute Gasteiger partial charge is 0.452 e. The van der Waals surface area contributed by atoms with E-state index < -0.39 is 22.4 Å². The molecule has 1 aromatic heterocycles. The van der Waals surface area contributed by atoms with E-state index in [4.69, 9.17) is 9.72 Å². The number of rotatable bonds is 6. The zero-order chi connectivity index (χ0) is 23.8. The highest BCUT2D eigenvalue weighted by Gasteiger charge is 2.35. The third-order valence-corrected chi connectivity index (χ3v) is 8.32. The summed E-state index contributed by atoms with van der Waals surface area (Å²) in [5, 5.41) is 0.740. The first-order valence-corrected chi connectivity index (χ1v) is 13.5. The van der Waals surface area contributed by atoms with Crippen LogP contribution in [0.1, 0.15) is 55.2 Å². The number of pyridine rings is 1. The van der Waals surface area contributed by atoms with Crippen molar-refractivity contribution in [2.45, 2.75) is 52.5 Å². The second-order valence-electron chi connectivity index (χ2n) is 9.85. The van der Waals surface area contributed by atoms with Gasteiger partial charge in [-0.2, -0.15) is 0 Å². The fourth-order valence-corrected chi connectivity index (χ4v) is 6.68. The van der Waals surface area contributed by atoms with Crippen molar-refractivity contribution in [3.8, 4) is 0 Å². The lowest BCUT2D eigenvalue weighted by Gasteiger charge is -2.30. The smallest absolute Gasteiger partial charge is 0.339 e. The summed E-state index contributed by atoms with van der Waals surface area (Å²) in [5.74, 6) is -0.187. The highest BCUT2D eigenvalue weighted by molar-refractivity contribution is 7.91. The van der Waals surface area contributed by atoms with Crippen LogP contribution in [0.25, 0.3) is 10.9 Å². The average Bonchev–Trinajstić information content (AvgIpc) is 3.13. The molecule has 1 saturated heterocycles. The Kier molecular flexibility index (Phi) is 6.75. The molecule has 1 fully saturated rings. The van der Waals surface area contributed by atoms with Crippen molar-refractivity contribution in [1.82, 2.24) is 9.88 Å². The Bertz CT molecular complexity index is 1170.